The third-order valence-electron chi connectivity index (χ3n) is 2.56. The number of esters is 1. The van der Waals surface area contributed by atoms with Crippen LogP contribution in [0.25, 0.3) is 0 Å². The molecule has 2 rings (SSSR count). The lowest BCUT2D eigenvalue weighted by molar-refractivity contribution is -0.208. The lowest BCUT2D eigenvalue weighted by atomic mass is 10.1. The second kappa shape index (κ2) is 5.29. The van der Waals surface area contributed by atoms with Crippen molar-refractivity contribution >= 4 is 5.97 Å². The van der Waals surface area contributed by atoms with Gasteiger partial charge in [0, 0.05) is 0 Å². The van der Waals surface area contributed by atoms with E-state index >= 15 is 0 Å². The van der Waals surface area contributed by atoms with Gasteiger partial charge >= 0.3 is 5.97 Å². The Kier molecular flexibility index (Phi) is 3.76. The molecule has 1 heterocycles. The molecule has 0 saturated carbocycles. The summed E-state index contributed by atoms with van der Waals surface area (Å²) in [7, 11) is 0. The van der Waals surface area contributed by atoms with Crippen molar-refractivity contribution in [3.63, 3.8) is 0 Å². The lowest BCUT2D eigenvalue weighted by Gasteiger charge is -2.26. The van der Waals surface area contributed by atoms with Gasteiger partial charge in [-0.25, -0.2) is 4.79 Å². The van der Waals surface area contributed by atoms with Crippen LogP contribution in [0.15, 0.2) is 24.3 Å². The molecular formula is C13H16O4. The zero-order chi connectivity index (χ0) is 12.3. The lowest BCUT2D eigenvalue weighted by Crippen LogP contribution is -2.37. The second-order valence-electron chi connectivity index (χ2n) is 4.18. The highest BCUT2D eigenvalue weighted by atomic mass is 16.7. The Morgan fingerprint density at radius 1 is 1.24 bits per heavy atom. The molecule has 0 bridgehead atoms. The molecule has 0 aromatic heterocycles. The number of hydrogen-bond acceptors (Lipinski definition) is 4. The van der Waals surface area contributed by atoms with Crippen LogP contribution >= 0.6 is 0 Å². The number of carbonyl (C=O) groups excluding carboxylic acids is 1. The molecule has 92 valence electrons. The van der Waals surface area contributed by atoms with Gasteiger partial charge in [-0.05, 0) is 26.0 Å². The van der Waals surface area contributed by atoms with E-state index in [2.05, 4.69) is 0 Å². The molecule has 0 N–H and O–H groups in total. The fourth-order valence-corrected chi connectivity index (χ4v) is 1.53. The first-order valence-electron chi connectivity index (χ1n) is 5.66. The van der Waals surface area contributed by atoms with Gasteiger partial charge in [0.25, 0.3) is 0 Å². The minimum Gasteiger partial charge on any atom is -0.430 e. The standard InChI is InChI=1S/C13H16O4/c1-9-3-5-11(6-4-9)13(14)17-12-8-15-10(2)7-16-12/h3-6,10,12H,7-8H2,1-2H3. The highest BCUT2D eigenvalue weighted by Crippen LogP contribution is 2.11. The fraction of sp³-hybridized carbons (Fsp3) is 0.462. The predicted octanol–water partition coefficient (Wildman–Crippen LogP) is 1.91. The Morgan fingerprint density at radius 2 is 1.94 bits per heavy atom. The minimum absolute atomic E-state index is 0.0596. The molecule has 0 spiro atoms. The number of benzene rings is 1. The van der Waals surface area contributed by atoms with Crippen molar-refractivity contribution in [2.24, 2.45) is 0 Å². The van der Waals surface area contributed by atoms with Gasteiger partial charge in [-0.1, -0.05) is 17.7 Å². The molecule has 1 aromatic rings. The van der Waals surface area contributed by atoms with Crippen molar-refractivity contribution in [1.82, 2.24) is 0 Å². The molecule has 4 nitrogen and oxygen atoms in total. The van der Waals surface area contributed by atoms with Gasteiger partial charge in [0.2, 0.25) is 6.29 Å². The fourth-order valence-electron chi connectivity index (χ4n) is 1.53. The Morgan fingerprint density at radius 3 is 2.53 bits per heavy atom. The van der Waals surface area contributed by atoms with E-state index in [1.807, 2.05) is 26.0 Å². The summed E-state index contributed by atoms with van der Waals surface area (Å²) in [6, 6.07) is 7.22. The third-order valence-corrected chi connectivity index (χ3v) is 2.56. The van der Waals surface area contributed by atoms with Crippen molar-refractivity contribution < 1.29 is 19.0 Å². The molecule has 2 unspecified atom stereocenters. The van der Waals surface area contributed by atoms with E-state index in [1.165, 1.54) is 0 Å². The van der Waals surface area contributed by atoms with E-state index in [0.717, 1.165) is 5.56 Å². The molecule has 1 aliphatic rings. The summed E-state index contributed by atoms with van der Waals surface area (Å²) in [6.07, 6.45) is -0.538. The number of carbonyl (C=O) groups is 1. The van der Waals surface area contributed by atoms with Crippen molar-refractivity contribution in [2.75, 3.05) is 13.2 Å². The molecule has 4 heteroatoms. The number of hydrogen-bond donors (Lipinski definition) is 0. The summed E-state index contributed by atoms with van der Waals surface area (Å²) in [5.41, 5.74) is 1.63. The van der Waals surface area contributed by atoms with Gasteiger partial charge in [-0.2, -0.15) is 0 Å². The molecule has 0 aliphatic carbocycles. The molecule has 0 amide bonds. The summed E-state index contributed by atoms with van der Waals surface area (Å²) >= 11 is 0. The maximum Gasteiger partial charge on any atom is 0.340 e. The van der Waals surface area contributed by atoms with Crippen LogP contribution in [0.2, 0.25) is 0 Å². The third kappa shape index (κ3) is 3.28. The van der Waals surface area contributed by atoms with Crippen LogP contribution in [0.5, 0.6) is 0 Å². The van der Waals surface area contributed by atoms with Crippen molar-refractivity contribution in [3.8, 4) is 0 Å². The van der Waals surface area contributed by atoms with Crippen molar-refractivity contribution in [1.29, 1.82) is 0 Å². The van der Waals surface area contributed by atoms with E-state index in [-0.39, 0.29) is 12.1 Å². The summed E-state index contributed by atoms with van der Waals surface area (Å²) in [5, 5.41) is 0. The zero-order valence-electron chi connectivity index (χ0n) is 10.0. The maximum atomic E-state index is 11.7. The normalized spacial score (nSPS) is 24.4. The molecule has 1 aliphatic heterocycles. The molecule has 1 aromatic carbocycles. The molecule has 1 fully saturated rings. The molecule has 0 radical (unpaired) electrons. The Balaban J connectivity index is 1.91. The molecule has 1 saturated heterocycles. The second-order valence-corrected chi connectivity index (χ2v) is 4.18. The first-order valence-corrected chi connectivity index (χ1v) is 5.66. The topological polar surface area (TPSA) is 44.8 Å². The summed E-state index contributed by atoms with van der Waals surface area (Å²) in [5.74, 6) is -0.381. The van der Waals surface area contributed by atoms with Gasteiger partial charge in [0.05, 0.1) is 18.3 Å². The summed E-state index contributed by atoms with van der Waals surface area (Å²) in [6.45, 7) is 4.62. The van der Waals surface area contributed by atoms with E-state index in [4.69, 9.17) is 14.2 Å². The Bertz CT molecular complexity index is 377. The van der Waals surface area contributed by atoms with Gasteiger partial charge in [-0.15, -0.1) is 0 Å². The first kappa shape index (κ1) is 12.1. The average Bonchev–Trinajstić information content (AvgIpc) is 2.33. The smallest absolute Gasteiger partial charge is 0.340 e. The zero-order valence-corrected chi connectivity index (χ0v) is 10.0. The predicted molar refractivity (Wildman–Crippen MR) is 61.7 cm³/mol. The van der Waals surface area contributed by atoms with Crippen LogP contribution in [0.4, 0.5) is 0 Å². The molecule has 17 heavy (non-hydrogen) atoms. The van der Waals surface area contributed by atoms with Gasteiger partial charge in [-0.3, -0.25) is 0 Å². The Labute approximate surface area is 100 Å². The van der Waals surface area contributed by atoms with Crippen LogP contribution in [0, 0.1) is 6.92 Å². The molecular weight excluding hydrogens is 220 g/mol. The van der Waals surface area contributed by atoms with Gasteiger partial charge in [0.15, 0.2) is 0 Å². The number of ether oxygens (including phenoxy) is 3. The van der Waals surface area contributed by atoms with Crippen LogP contribution in [-0.4, -0.2) is 31.6 Å². The van der Waals surface area contributed by atoms with E-state index < -0.39 is 6.29 Å². The van der Waals surface area contributed by atoms with Crippen LogP contribution in [-0.2, 0) is 14.2 Å². The van der Waals surface area contributed by atoms with Crippen molar-refractivity contribution in [3.05, 3.63) is 35.4 Å². The maximum absolute atomic E-state index is 11.7. The van der Waals surface area contributed by atoms with E-state index in [1.54, 1.807) is 12.1 Å². The van der Waals surface area contributed by atoms with Crippen LogP contribution < -0.4 is 0 Å². The monoisotopic (exact) mass is 236 g/mol. The summed E-state index contributed by atoms with van der Waals surface area (Å²) < 4.78 is 15.9. The first-order chi connectivity index (χ1) is 8.15. The Hall–Kier alpha value is -1.39. The van der Waals surface area contributed by atoms with Crippen LogP contribution in [0.1, 0.15) is 22.8 Å². The largest absolute Gasteiger partial charge is 0.430 e. The number of aryl methyl sites for hydroxylation is 1. The quantitative estimate of drug-likeness (QED) is 0.736. The average molecular weight is 236 g/mol. The summed E-state index contributed by atoms with van der Waals surface area (Å²) in [4.78, 5) is 11.7. The van der Waals surface area contributed by atoms with Crippen molar-refractivity contribution in [2.45, 2.75) is 26.2 Å². The van der Waals surface area contributed by atoms with E-state index in [9.17, 15) is 4.79 Å². The number of rotatable bonds is 2. The van der Waals surface area contributed by atoms with E-state index in [0.29, 0.717) is 18.8 Å². The van der Waals surface area contributed by atoms with Gasteiger partial charge in [0.1, 0.15) is 6.61 Å². The highest BCUT2D eigenvalue weighted by molar-refractivity contribution is 5.89. The SMILES string of the molecule is Cc1ccc(C(=O)OC2COC(C)CO2)cc1. The highest BCUT2D eigenvalue weighted by Gasteiger charge is 2.22. The van der Waals surface area contributed by atoms with Crippen LogP contribution in [0.3, 0.4) is 0 Å². The molecule has 2 atom stereocenters. The van der Waals surface area contributed by atoms with Gasteiger partial charge < -0.3 is 14.2 Å². The minimum atomic E-state index is -0.597.